The van der Waals surface area contributed by atoms with Gasteiger partial charge in [-0.2, -0.15) is 0 Å². The molecule has 14 heavy (non-hydrogen) atoms. The number of rotatable bonds is 3. The monoisotopic (exact) mass is 197 g/mol. The summed E-state index contributed by atoms with van der Waals surface area (Å²) < 4.78 is 5.05. The van der Waals surface area contributed by atoms with E-state index < -0.39 is 12.1 Å². The summed E-state index contributed by atoms with van der Waals surface area (Å²) in [6.07, 6.45) is -0.739. The van der Waals surface area contributed by atoms with Crippen LogP contribution >= 0.6 is 0 Å². The highest BCUT2D eigenvalue weighted by atomic mass is 16.5. The topological polar surface area (TPSA) is 75.7 Å². The summed E-state index contributed by atoms with van der Waals surface area (Å²) in [5, 5.41) is 18.9. The summed E-state index contributed by atoms with van der Waals surface area (Å²) in [6, 6.07) is 4.22. The van der Waals surface area contributed by atoms with E-state index in [-0.39, 0.29) is 5.75 Å². The van der Waals surface area contributed by atoms with Crippen molar-refractivity contribution < 1.29 is 14.9 Å². The summed E-state index contributed by atoms with van der Waals surface area (Å²) in [4.78, 5) is 0. The van der Waals surface area contributed by atoms with Crippen molar-refractivity contribution in [2.24, 2.45) is 5.73 Å². The Morgan fingerprint density at radius 2 is 2.07 bits per heavy atom. The van der Waals surface area contributed by atoms with Crippen molar-refractivity contribution in [1.29, 1.82) is 0 Å². The minimum absolute atomic E-state index is 0.0396. The molecule has 0 bridgehead atoms. The van der Waals surface area contributed by atoms with Crippen LogP contribution in [0.3, 0.4) is 0 Å². The smallest absolute Gasteiger partial charge is 0.127 e. The van der Waals surface area contributed by atoms with Gasteiger partial charge in [0.25, 0.3) is 0 Å². The van der Waals surface area contributed by atoms with Gasteiger partial charge in [-0.3, -0.25) is 0 Å². The van der Waals surface area contributed by atoms with Crippen molar-refractivity contribution in [1.82, 2.24) is 0 Å². The van der Waals surface area contributed by atoms with E-state index in [4.69, 9.17) is 10.5 Å². The van der Waals surface area contributed by atoms with Crippen LogP contribution in [0.5, 0.6) is 11.5 Å². The van der Waals surface area contributed by atoms with Crippen molar-refractivity contribution in [3.8, 4) is 11.5 Å². The second-order valence-corrected chi connectivity index (χ2v) is 3.16. The van der Waals surface area contributed by atoms with E-state index in [0.717, 1.165) is 0 Å². The number of aliphatic hydroxyl groups excluding tert-OH is 1. The normalized spacial score (nSPS) is 14.9. The van der Waals surface area contributed by atoms with Crippen LogP contribution in [0.15, 0.2) is 18.2 Å². The van der Waals surface area contributed by atoms with Gasteiger partial charge in [0.1, 0.15) is 11.5 Å². The Labute approximate surface area is 82.9 Å². The molecular weight excluding hydrogens is 182 g/mol. The van der Waals surface area contributed by atoms with Gasteiger partial charge in [-0.1, -0.05) is 6.07 Å². The molecule has 0 aliphatic carbocycles. The molecule has 4 N–H and O–H groups in total. The quantitative estimate of drug-likeness (QED) is 0.669. The molecule has 0 heterocycles. The summed E-state index contributed by atoms with van der Waals surface area (Å²) in [7, 11) is 1.49. The predicted octanol–water partition coefficient (Wildman–Crippen LogP) is 0.781. The van der Waals surface area contributed by atoms with E-state index in [9.17, 15) is 10.2 Å². The van der Waals surface area contributed by atoms with Crippen LogP contribution in [0.1, 0.15) is 18.5 Å². The first-order chi connectivity index (χ1) is 6.57. The standard InChI is InChI=1S/C10H15NO3/c1-6(12)10(11)9-7(13)4-3-5-8(9)14-2/h3-6,10,12-13H,11H2,1-2H3/t6-,10+/m0/s1. The molecular formula is C10H15NO3. The number of nitrogens with two attached hydrogens (primary N) is 1. The van der Waals surface area contributed by atoms with Crippen molar-refractivity contribution in [2.75, 3.05) is 7.11 Å². The molecule has 0 aliphatic rings. The van der Waals surface area contributed by atoms with E-state index in [1.807, 2.05) is 0 Å². The van der Waals surface area contributed by atoms with Crippen molar-refractivity contribution >= 4 is 0 Å². The van der Waals surface area contributed by atoms with E-state index in [2.05, 4.69) is 0 Å². The molecule has 2 atom stereocenters. The molecule has 1 aromatic carbocycles. The third-order valence-corrected chi connectivity index (χ3v) is 2.12. The number of benzene rings is 1. The largest absolute Gasteiger partial charge is 0.507 e. The molecule has 0 radical (unpaired) electrons. The molecule has 0 saturated carbocycles. The lowest BCUT2D eigenvalue weighted by atomic mass is 10.0. The highest BCUT2D eigenvalue weighted by molar-refractivity contribution is 5.46. The van der Waals surface area contributed by atoms with Gasteiger partial charge in [-0.05, 0) is 19.1 Å². The SMILES string of the molecule is COc1cccc(O)c1[C@H](N)[C@H](C)O. The van der Waals surface area contributed by atoms with Gasteiger partial charge in [0.05, 0.1) is 24.8 Å². The van der Waals surface area contributed by atoms with Crippen LogP contribution in [0.25, 0.3) is 0 Å². The molecule has 0 aliphatic heterocycles. The van der Waals surface area contributed by atoms with Crippen molar-refractivity contribution in [3.05, 3.63) is 23.8 Å². The molecule has 0 amide bonds. The average Bonchev–Trinajstić information content (AvgIpc) is 2.16. The number of aromatic hydroxyl groups is 1. The Balaban J connectivity index is 3.16. The van der Waals surface area contributed by atoms with Gasteiger partial charge in [0.15, 0.2) is 0 Å². The van der Waals surface area contributed by atoms with Gasteiger partial charge >= 0.3 is 0 Å². The fourth-order valence-corrected chi connectivity index (χ4v) is 1.29. The van der Waals surface area contributed by atoms with Crippen LogP contribution < -0.4 is 10.5 Å². The van der Waals surface area contributed by atoms with E-state index in [0.29, 0.717) is 11.3 Å². The van der Waals surface area contributed by atoms with Gasteiger partial charge in [-0.15, -0.1) is 0 Å². The lowest BCUT2D eigenvalue weighted by Gasteiger charge is -2.19. The fraction of sp³-hybridized carbons (Fsp3) is 0.400. The second-order valence-electron chi connectivity index (χ2n) is 3.16. The number of phenolic OH excluding ortho intramolecular Hbond substituents is 1. The minimum Gasteiger partial charge on any atom is -0.507 e. The molecule has 4 nitrogen and oxygen atoms in total. The van der Waals surface area contributed by atoms with Crippen LogP contribution in [0, 0.1) is 0 Å². The van der Waals surface area contributed by atoms with Crippen molar-refractivity contribution in [3.63, 3.8) is 0 Å². The zero-order valence-corrected chi connectivity index (χ0v) is 8.27. The van der Waals surface area contributed by atoms with E-state index >= 15 is 0 Å². The van der Waals surface area contributed by atoms with Crippen LogP contribution in [0.2, 0.25) is 0 Å². The molecule has 1 rings (SSSR count). The predicted molar refractivity (Wildman–Crippen MR) is 53.3 cm³/mol. The van der Waals surface area contributed by atoms with Gasteiger partial charge in [0, 0.05) is 0 Å². The van der Waals surface area contributed by atoms with Crippen LogP contribution in [0.4, 0.5) is 0 Å². The Hall–Kier alpha value is -1.26. The van der Waals surface area contributed by atoms with Crippen molar-refractivity contribution in [2.45, 2.75) is 19.1 Å². The number of ether oxygens (including phenoxy) is 1. The van der Waals surface area contributed by atoms with Gasteiger partial charge in [-0.25, -0.2) is 0 Å². The van der Waals surface area contributed by atoms with Gasteiger partial charge < -0.3 is 20.7 Å². The summed E-state index contributed by atoms with van der Waals surface area (Å²) in [6.45, 7) is 1.57. The fourth-order valence-electron chi connectivity index (χ4n) is 1.29. The van der Waals surface area contributed by atoms with E-state index in [1.165, 1.54) is 13.2 Å². The average molecular weight is 197 g/mol. The van der Waals surface area contributed by atoms with Gasteiger partial charge in [0.2, 0.25) is 0 Å². The molecule has 0 unspecified atom stereocenters. The summed E-state index contributed by atoms with van der Waals surface area (Å²) >= 11 is 0. The maximum atomic E-state index is 9.57. The Morgan fingerprint density at radius 1 is 1.43 bits per heavy atom. The highest BCUT2D eigenvalue weighted by Gasteiger charge is 2.20. The summed E-state index contributed by atoms with van der Waals surface area (Å²) in [5.41, 5.74) is 6.16. The molecule has 78 valence electrons. The molecule has 1 aromatic rings. The number of hydrogen-bond acceptors (Lipinski definition) is 4. The summed E-state index contributed by atoms with van der Waals surface area (Å²) in [5.74, 6) is 0.524. The molecule has 0 fully saturated rings. The third kappa shape index (κ3) is 1.97. The second kappa shape index (κ2) is 4.30. The maximum Gasteiger partial charge on any atom is 0.127 e. The highest BCUT2D eigenvalue weighted by Crippen LogP contribution is 2.33. The Bertz CT molecular complexity index is 312. The minimum atomic E-state index is -0.739. The number of hydrogen-bond donors (Lipinski definition) is 3. The van der Waals surface area contributed by atoms with E-state index in [1.54, 1.807) is 19.1 Å². The first-order valence-electron chi connectivity index (χ1n) is 4.37. The number of methoxy groups -OCH3 is 1. The first-order valence-corrected chi connectivity index (χ1v) is 4.37. The zero-order valence-electron chi connectivity index (χ0n) is 8.27. The molecule has 0 aromatic heterocycles. The lowest BCUT2D eigenvalue weighted by molar-refractivity contribution is 0.161. The molecule has 0 saturated heterocycles. The van der Waals surface area contributed by atoms with Crippen LogP contribution in [-0.4, -0.2) is 23.4 Å². The third-order valence-electron chi connectivity index (χ3n) is 2.12. The zero-order chi connectivity index (χ0) is 10.7. The number of aliphatic hydroxyl groups is 1. The molecule has 0 spiro atoms. The number of phenols is 1. The maximum absolute atomic E-state index is 9.57. The first kappa shape index (κ1) is 10.8. The Kier molecular flexibility index (Phi) is 3.33. The van der Waals surface area contributed by atoms with Crippen LogP contribution in [-0.2, 0) is 0 Å². The Morgan fingerprint density at radius 3 is 2.57 bits per heavy atom. The molecule has 4 heteroatoms. The lowest BCUT2D eigenvalue weighted by Crippen LogP contribution is -2.23.